The Balaban J connectivity index is 1.30. The predicted octanol–water partition coefficient (Wildman–Crippen LogP) is 10.2. The predicted molar refractivity (Wildman–Crippen MR) is 190 cm³/mol. The maximum atomic E-state index is 11.9. The molecule has 0 fully saturated rings. The minimum Gasteiger partial charge on any atom is -0.478 e. The first-order valence-electron chi connectivity index (χ1n) is 15.4. The standard InChI is InChI=1S/C38H32N6O4/c1-3-21-17-23(13-15-31(21)41-43-33-19-29(37(45)46)25-9-5-7-11-27(25)35(33)39)24-14-16-32(22(4-2)18-24)42-44-34-20-30(38(47)48)26-10-6-8-12-28(26)36(34)40/h5-20H,3-4,39-40H2,1-2H3,(H,45,46)(H,47,48)/b43-41+,44-42+. The van der Waals surface area contributed by atoms with E-state index < -0.39 is 11.9 Å². The fraction of sp³-hybridized carbons (Fsp3) is 0.105. The number of aryl methyl sites for hydroxylation is 2. The number of fused-ring (bicyclic) bond motifs is 2. The highest BCUT2D eigenvalue weighted by Crippen LogP contribution is 2.38. The van der Waals surface area contributed by atoms with Crippen molar-refractivity contribution in [2.45, 2.75) is 26.7 Å². The van der Waals surface area contributed by atoms with Gasteiger partial charge >= 0.3 is 11.9 Å². The van der Waals surface area contributed by atoms with Gasteiger partial charge < -0.3 is 21.7 Å². The number of rotatable bonds is 9. The zero-order chi connectivity index (χ0) is 33.9. The summed E-state index contributed by atoms with van der Waals surface area (Å²) in [4.78, 5) is 23.9. The summed E-state index contributed by atoms with van der Waals surface area (Å²) in [6.45, 7) is 4.06. The number of hydrogen-bond acceptors (Lipinski definition) is 8. The summed E-state index contributed by atoms with van der Waals surface area (Å²) in [6.07, 6.45) is 1.38. The number of carbonyl (C=O) groups is 2. The van der Waals surface area contributed by atoms with E-state index >= 15 is 0 Å². The number of anilines is 2. The molecule has 6 rings (SSSR count). The zero-order valence-corrected chi connectivity index (χ0v) is 26.3. The minimum absolute atomic E-state index is 0.111. The number of carboxylic acids is 2. The van der Waals surface area contributed by atoms with Crippen LogP contribution in [-0.2, 0) is 12.8 Å². The summed E-state index contributed by atoms with van der Waals surface area (Å²) in [6, 6.07) is 28.8. The van der Waals surface area contributed by atoms with Crippen LogP contribution in [0.2, 0.25) is 0 Å². The highest BCUT2D eigenvalue weighted by atomic mass is 16.4. The summed E-state index contributed by atoms with van der Waals surface area (Å²) in [7, 11) is 0. The van der Waals surface area contributed by atoms with Crippen LogP contribution in [-0.4, -0.2) is 22.2 Å². The molecule has 0 bridgehead atoms. The minimum atomic E-state index is -1.06. The molecule has 0 aromatic heterocycles. The van der Waals surface area contributed by atoms with Crippen molar-refractivity contribution in [3.8, 4) is 11.1 Å². The zero-order valence-electron chi connectivity index (χ0n) is 26.3. The second-order valence-electron chi connectivity index (χ2n) is 11.2. The van der Waals surface area contributed by atoms with Crippen molar-refractivity contribution in [2.75, 3.05) is 11.5 Å². The highest BCUT2D eigenvalue weighted by Gasteiger charge is 2.16. The van der Waals surface area contributed by atoms with Gasteiger partial charge in [-0.05, 0) is 82.3 Å². The summed E-state index contributed by atoms with van der Waals surface area (Å²) in [5, 5.41) is 39.5. The molecule has 10 nitrogen and oxygen atoms in total. The van der Waals surface area contributed by atoms with E-state index in [1.807, 2.05) is 38.1 Å². The van der Waals surface area contributed by atoms with Gasteiger partial charge in [0.25, 0.3) is 0 Å². The molecule has 0 heterocycles. The first-order valence-corrected chi connectivity index (χ1v) is 15.4. The molecule has 238 valence electrons. The third kappa shape index (κ3) is 5.94. The number of aromatic carboxylic acids is 2. The Kier molecular flexibility index (Phi) is 8.63. The molecule has 10 heteroatoms. The number of nitrogen functional groups attached to an aromatic ring is 2. The summed E-state index contributed by atoms with van der Waals surface area (Å²) in [5.41, 5.74) is 19.5. The third-order valence-corrected chi connectivity index (χ3v) is 8.37. The Labute approximate surface area is 276 Å². The molecular weight excluding hydrogens is 604 g/mol. The van der Waals surface area contributed by atoms with Gasteiger partial charge in [0.1, 0.15) is 11.4 Å². The fourth-order valence-electron chi connectivity index (χ4n) is 5.79. The van der Waals surface area contributed by atoms with Crippen molar-refractivity contribution in [1.82, 2.24) is 0 Å². The largest absolute Gasteiger partial charge is 0.478 e. The number of benzene rings is 6. The summed E-state index contributed by atoms with van der Waals surface area (Å²) in [5.74, 6) is -2.13. The van der Waals surface area contributed by atoms with Gasteiger partial charge in [0, 0.05) is 10.8 Å². The Morgan fingerprint density at radius 1 is 0.521 bits per heavy atom. The van der Waals surface area contributed by atoms with E-state index in [0.717, 1.165) is 22.3 Å². The van der Waals surface area contributed by atoms with Crippen LogP contribution >= 0.6 is 0 Å². The van der Waals surface area contributed by atoms with Crippen molar-refractivity contribution >= 4 is 67.6 Å². The normalized spacial score (nSPS) is 11.6. The van der Waals surface area contributed by atoms with Crippen LogP contribution in [0.25, 0.3) is 32.7 Å². The van der Waals surface area contributed by atoms with Crippen LogP contribution in [0.5, 0.6) is 0 Å². The number of hydrogen-bond donors (Lipinski definition) is 4. The second kappa shape index (κ2) is 13.1. The van der Waals surface area contributed by atoms with Crippen LogP contribution in [0.15, 0.2) is 118 Å². The van der Waals surface area contributed by atoms with Gasteiger partial charge in [0.2, 0.25) is 0 Å². The quantitative estimate of drug-likeness (QED) is 0.0906. The molecule has 0 aliphatic heterocycles. The molecule has 0 saturated heterocycles. The van der Waals surface area contributed by atoms with E-state index in [1.165, 1.54) is 12.1 Å². The van der Waals surface area contributed by atoms with Gasteiger partial charge in [-0.15, -0.1) is 10.2 Å². The molecule has 0 atom stereocenters. The van der Waals surface area contributed by atoms with Crippen LogP contribution in [0, 0.1) is 0 Å². The smallest absolute Gasteiger partial charge is 0.336 e. The Morgan fingerprint density at radius 3 is 1.23 bits per heavy atom. The number of azo groups is 2. The first kappa shape index (κ1) is 31.6. The number of carboxylic acid groups (broad SMARTS) is 2. The van der Waals surface area contributed by atoms with Crippen molar-refractivity contribution in [3.63, 3.8) is 0 Å². The lowest BCUT2D eigenvalue weighted by Crippen LogP contribution is -1.99. The number of nitrogens with two attached hydrogens (primary N) is 2. The Hall–Kier alpha value is -6.42. The highest BCUT2D eigenvalue weighted by molar-refractivity contribution is 6.11. The SMILES string of the molecule is CCc1cc(-c2ccc(/N=N/c3cc(C(=O)O)c4ccccc4c3N)c(CC)c2)ccc1/N=N/c1cc(C(=O)O)c2ccccc2c1N. The van der Waals surface area contributed by atoms with Gasteiger partial charge in [-0.3, -0.25) is 0 Å². The second-order valence-corrected chi connectivity index (χ2v) is 11.2. The van der Waals surface area contributed by atoms with E-state index in [0.29, 0.717) is 68.5 Å². The Morgan fingerprint density at radius 2 is 0.875 bits per heavy atom. The van der Waals surface area contributed by atoms with Gasteiger partial charge in [0.05, 0.1) is 33.9 Å². The topological polar surface area (TPSA) is 176 Å². The Bertz CT molecular complexity index is 2150. The molecule has 6 N–H and O–H groups in total. The van der Waals surface area contributed by atoms with E-state index in [4.69, 9.17) is 11.5 Å². The average molecular weight is 637 g/mol. The van der Waals surface area contributed by atoms with Crippen LogP contribution in [0.1, 0.15) is 45.7 Å². The monoisotopic (exact) mass is 636 g/mol. The van der Waals surface area contributed by atoms with Gasteiger partial charge in [-0.25, -0.2) is 9.59 Å². The molecule has 48 heavy (non-hydrogen) atoms. The first-order chi connectivity index (χ1) is 23.2. The maximum Gasteiger partial charge on any atom is 0.336 e. The molecule has 6 aromatic rings. The molecule has 0 spiro atoms. The van der Waals surface area contributed by atoms with Crippen LogP contribution in [0.4, 0.5) is 34.1 Å². The number of nitrogens with zero attached hydrogens (tertiary/aromatic N) is 4. The van der Waals surface area contributed by atoms with Crippen molar-refractivity contribution in [3.05, 3.63) is 119 Å². The van der Waals surface area contributed by atoms with Crippen LogP contribution < -0.4 is 11.5 Å². The lowest BCUT2D eigenvalue weighted by molar-refractivity contribution is 0.0688. The molecule has 0 unspecified atom stereocenters. The van der Waals surface area contributed by atoms with Gasteiger partial charge in [0.15, 0.2) is 0 Å². The van der Waals surface area contributed by atoms with E-state index in [-0.39, 0.29) is 11.1 Å². The molecule has 0 radical (unpaired) electrons. The van der Waals surface area contributed by atoms with Crippen LogP contribution in [0.3, 0.4) is 0 Å². The molecule has 0 aliphatic rings. The molecule has 0 amide bonds. The summed E-state index contributed by atoms with van der Waals surface area (Å²) < 4.78 is 0. The van der Waals surface area contributed by atoms with Gasteiger partial charge in [-0.1, -0.05) is 74.5 Å². The fourth-order valence-corrected chi connectivity index (χ4v) is 5.79. The van der Waals surface area contributed by atoms with Crippen molar-refractivity contribution in [1.29, 1.82) is 0 Å². The van der Waals surface area contributed by atoms with E-state index in [1.54, 1.807) is 48.5 Å². The van der Waals surface area contributed by atoms with Crippen molar-refractivity contribution < 1.29 is 19.8 Å². The van der Waals surface area contributed by atoms with Crippen molar-refractivity contribution in [2.24, 2.45) is 20.5 Å². The lowest BCUT2D eigenvalue weighted by Gasteiger charge is -2.11. The lowest BCUT2D eigenvalue weighted by atomic mass is 9.98. The van der Waals surface area contributed by atoms with E-state index in [9.17, 15) is 19.8 Å². The molecule has 6 aromatic carbocycles. The maximum absolute atomic E-state index is 11.9. The van der Waals surface area contributed by atoms with Gasteiger partial charge in [-0.2, -0.15) is 10.2 Å². The van der Waals surface area contributed by atoms with E-state index in [2.05, 4.69) is 32.6 Å². The summed E-state index contributed by atoms with van der Waals surface area (Å²) >= 11 is 0. The third-order valence-electron chi connectivity index (χ3n) is 8.37. The molecular formula is C38H32N6O4. The average Bonchev–Trinajstić information content (AvgIpc) is 3.10. The molecule has 0 aliphatic carbocycles. The molecule has 0 saturated carbocycles.